The number of aryl methyl sites for hydroxylation is 1. The maximum Gasteiger partial charge on any atom is 0.246 e. The predicted octanol–water partition coefficient (Wildman–Crippen LogP) is 3.24. The van der Waals surface area contributed by atoms with Gasteiger partial charge in [0.2, 0.25) is 10.0 Å². The van der Waals surface area contributed by atoms with Crippen molar-refractivity contribution in [3.8, 4) is 0 Å². The molecule has 0 heterocycles. The zero-order chi connectivity index (χ0) is 11.6. The molecule has 0 spiro atoms. The summed E-state index contributed by atoms with van der Waals surface area (Å²) in [6.45, 7) is 1.77. The molecule has 1 aromatic rings. The Morgan fingerprint density at radius 2 is 1.87 bits per heavy atom. The molecule has 15 heavy (non-hydrogen) atoms. The molecule has 1 rings (SSSR count). The van der Waals surface area contributed by atoms with Crippen molar-refractivity contribution >= 4 is 50.5 Å². The van der Waals surface area contributed by atoms with E-state index in [2.05, 4.69) is 4.72 Å². The van der Waals surface area contributed by atoms with Crippen LogP contribution in [0.3, 0.4) is 0 Å². The molecule has 0 aliphatic carbocycles. The third-order valence-electron chi connectivity index (χ3n) is 1.66. The first-order valence-corrected chi connectivity index (χ1v) is 6.82. The van der Waals surface area contributed by atoms with Crippen molar-refractivity contribution in [2.45, 2.75) is 6.92 Å². The normalized spacial score (nSPS) is 11.5. The Kier molecular flexibility index (Phi) is 4.12. The third kappa shape index (κ3) is 3.41. The van der Waals surface area contributed by atoms with Crippen LogP contribution in [0.1, 0.15) is 5.56 Å². The second kappa shape index (κ2) is 4.78. The van der Waals surface area contributed by atoms with Crippen molar-refractivity contribution in [3.05, 3.63) is 27.7 Å². The number of hydrogen-bond donors (Lipinski definition) is 1. The molecule has 0 unspecified atom stereocenters. The van der Waals surface area contributed by atoms with Gasteiger partial charge in [-0.3, -0.25) is 4.72 Å². The first-order chi connectivity index (χ1) is 6.85. The lowest BCUT2D eigenvalue weighted by Crippen LogP contribution is -2.13. The summed E-state index contributed by atoms with van der Waals surface area (Å²) < 4.78 is 24.6. The summed E-state index contributed by atoms with van der Waals surface area (Å²) >= 11 is 16.9. The van der Waals surface area contributed by atoms with Gasteiger partial charge in [0, 0.05) is 5.02 Å². The highest BCUT2D eigenvalue weighted by Crippen LogP contribution is 2.29. The van der Waals surface area contributed by atoms with E-state index in [1.165, 1.54) is 6.07 Å². The summed E-state index contributed by atoms with van der Waals surface area (Å²) in [6, 6.07) is 3.03. The van der Waals surface area contributed by atoms with Gasteiger partial charge in [0.05, 0.1) is 10.7 Å². The Morgan fingerprint density at radius 1 is 1.27 bits per heavy atom. The Balaban J connectivity index is 3.12. The van der Waals surface area contributed by atoms with E-state index in [0.29, 0.717) is 5.02 Å². The van der Waals surface area contributed by atoms with Crippen LogP contribution in [0.2, 0.25) is 10.0 Å². The quantitative estimate of drug-likeness (QED) is 0.868. The van der Waals surface area contributed by atoms with Crippen molar-refractivity contribution in [1.82, 2.24) is 0 Å². The van der Waals surface area contributed by atoms with Crippen molar-refractivity contribution in [1.29, 1.82) is 0 Å². The van der Waals surface area contributed by atoms with Gasteiger partial charge in [0.1, 0.15) is 5.21 Å². The molecular weight excluding hydrogens is 281 g/mol. The smallest absolute Gasteiger partial charge is 0.246 e. The molecule has 0 amide bonds. The predicted molar refractivity (Wildman–Crippen MR) is 64.5 cm³/mol. The van der Waals surface area contributed by atoms with Crippen molar-refractivity contribution in [2.75, 3.05) is 9.93 Å². The standard InChI is InChI=1S/C8H8Cl3NO2S/c1-5-2-7(11)8(3-6(5)10)12-15(13,14)4-9/h2-3,12H,4H2,1H3. The number of sulfonamides is 1. The van der Waals surface area contributed by atoms with Crippen LogP contribution >= 0.6 is 34.8 Å². The molecule has 1 N–H and O–H groups in total. The van der Waals surface area contributed by atoms with E-state index in [4.69, 9.17) is 34.8 Å². The molecule has 7 heteroatoms. The van der Waals surface area contributed by atoms with E-state index in [-0.39, 0.29) is 10.7 Å². The Hall–Kier alpha value is -0.160. The molecular formula is C8H8Cl3NO2S. The molecule has 0 fully saturated rings. The summed E-state index contributed by atoms with van der Waals surface area (Å²) in [7, 11) is -3.55. The fourth-order valence-electron chi connectivity index (χ4n) is 0.919. The Bertz CT molecular complexity index is 473. The van der Waals surface area contributed by atoms with Gasteiger partial charge in [-0.25, -0.2) is 8.42 Å². The number of alkyl halides is 1. The molecule has 0 bridgehead atoms. The summed E-state index contributed by atoms with van der Waals surface area (Å²) in [4.78, 5) is 0. The minimum absolute atomic E-state index is 0.230. The van der Waals surface area contributed by atoms with Gasteiger partial charge in [-0.15, -0.1) is 11.6 Å². The summed E-state index contributed by atoms with van der Waals surface area (Å²) in [5, 5.41) is 0.187. The van der Waals surface area contributed by atoms with Crippen LogP contribution in [0.25, 0.3) is 0 Å². The highest BCUT2D eigenvalue weighted by molar-refractivity contribution is 7.93. The zero-order valence-electron chi connectivity index (χ0n) is 7.72. The number of anilines is 1. The fraction of sp³-hybridized carbons (Fsp3) is 0.250. The minimum atomic E-state index is -3.55. The maximum absolute atomic E-state index is 11.2. The van der Waals surface area contributed by atoms with E-state index in [1.54, 1.807) is 13.0 Å². The number of benzene rings is 1. The lowest BCUT2D eigenvalue weighted by atomic mass is 10.2. The van der Waals surface area contributed by atoms with Crippen molar-refractivity contribution in [3.63, 3.8) is 0 Å². The van der Waals surface area contributed by atoms with Gasteiger partial charge in [0.25, 0.3) is 0 Å². The van der Waals surface area contributed by atoms with Crippen LogP contribution in [0.4, 0.5) is 5.69 Å². The average molecular weight is 289 g/mol. The molecule has 0 aliphatic heterocycles. The Morgan fingerprint density at radius 3 is 2.40 bits per heavy atom. The van der Waals surface area contributed by atoms with Crippen molar-refractivity contribution < 1.29 is 8.42 Å². The van der Waals surface area contributed by atoms with Crippen LogP contribution in [-0.4, -0.2) is 13.6 Å². The van der Waals surface area contributed by atoms with E-state index >= 15 is 0 Å². The van der Waals surface area contributed by atoms with Gasteiger partial charge in [-0.2, -0.15) is 0 Å². The second-order valence-electron chi connectivity index (χ2n) is 2.91. The Labute approximate surface area is 103 Å². The highest BCUT2D eigenvalue weighted by atomic mass is 35.5. The number of nitrogens with one attached hydrogen (secondary N) is 1. The lowest BCUT2D eigenvalue weighted by molar-refractivity contribution is 0.605. The van der Waals surface area contributed by atoms with Gasteiger partial charge < -0.3 is 0 Å². The first kappa shape index (κ1) is 12.9. The highest BCUT2D eigenvalue weighted by Gasteiger charge is 2.12. The average Bonchev–Trinajstić information content (AvgIpc) is 2.14. The first-order valence-electron chi connectivity index (χ1n) is 3.88. The SMILES string of the molecule is Cc1cc(Cl)c(NS(=O)(=O)CCl)cc1Cl. The molecule has 0 atom stereocenters. The number of hydrogen-bond acceptors (Lipinski definition) is 2. The molecule has 0 saturated carbocycles. The van der Waals surface area contributed by atoms with Gasteiger partial charge in [-0.1, -0.05) is 23.2 Å². The van der Waals surface area contributed by atoms with Crippen LogP contribution in [0.5, 0.6) is 0 Å². The maximum atomic E-state index is 11.2. The second-order valence-corrected chi connectivity index (χ2v) is 6.03. The molecule has 1 aromatic carbocycles. The largest absolute Gasteiger partial charge is 0.281 e. The van der Waals surface area contributed by atoms with Crippen LogP contribution in [0, 0.1) is 6.92 Å². The molecule has 84 valence electrons. The van der Waals surface area contributed by atoms with Gasteiger partial charge in [0.15, 0.2) is 0 Å². The van der Waals surface area contributed by atoms with Gasteiger partial charge >= 0.3 is 0 Å². The molecule has 0 saturated heterocycles. The molecule has 3 nitrogen and oxygen atoms in total. The fourth-order valence-corrected chi connectivity index (χ4v) is 2.13. The lowest BCUT2D eigenvalue weighted by Gasteiger charge is -2.09. The number of halogens is 3. The van der Waals surface area contributed by atoms with Gasteiger partial charge in [-0.05, 0) is 24.6 Å². The zero-order valence-corrected chi connectivity index (χ0v) is 10.8. The van der Waals surface area contributed by atoms with Crippen LogP contribution in [0.15, 0.2) is 12.1 Å². The van der Waals surface area contributed by atoms with Crippen LogP contribution < -0.4 is 4.72 Å². The molecule has 0 aliphatic rings. The summed E-state index contributed by atoms with van der Waals surface area (Å²) in [5.74, 6) is 0. The topological polar surface area (TPSA) is 46.2 Å². The summed E-state index contributed by atoms with van der Waals surface area (Å²) in [6.07, 6.45) is 0. The molecule has 0 radical (unpaired) electrons. The third-order valence-corrected chi connectivity index (χ3v) is 4.06. The summed E-state index contributed by atoms with van der Waals surface area (Å²) in [5.41, 5.74) is 1.00. The van der Waals surface area contributed by atoms with Crippen molar-refractivity contribution in [2.24, 2.45) is 0 Å². The monoisotopic (exact) mass is 287 g/mol. The van der Waals surface area contributed by atoms with E-state index in [9.17, 15) is 8.42 Å². The van der Waals surface area contributed by atoms with E-state index in [0.717, 1.165) is 5.56 Å². The minimum Gasteiger partial charge on any atom is -0.281 e. The van der Waals surface area contributed by atoms with E-state index < -0.39 is 15.2 Å². The van der Waals surface area contributed by atoms with E-state index in [1.807, 2.05) is 0 Å². The molecule has 0 aromatic heterocycles. The van der Waals surface area contributed by atoms with Crippen LogP contribution in [-0.2, 0) is 10.0 Å². The number of rotatable bonds is 3.